The number of allylic oxidation sites excluding steroid dienone is 2. The molecule has 2 aromatic rings. The van der Waals surface area contributed by atoms with Gasteiger partial charge in [-0.2, -0.15) is 0 Å². The van der Waals surface area contributed by atoms with Crippen molar-refractivity contribution in [3.63, 3.8) is 0 Å². The maximum absolute atomic E-state index is 13.4. The monoisotopic (exact) mass is 472 g/mol. The van der Waals surface area contributed by atoms with E-state index in [0.29, 0.717) is 45.6 Å². The summed E-state index contributed by atoms with van der Waals surface area (Å²) in [4.78, 5) is 26.3. The lowest BCUT2D eigenvalue weighted by Gasteiger charge is -2.23. The molecule has 0 aliphatic rings. The summed E-state index contributed by atoms with van der Waals surface area (Å²) in [5.74, 6) is 1.35. The molecule has 0 N–H and O–H groups in total. The number of hydrogen-bond acceptors (Lipinski definition) is 8. The Kier molecular flexibility index (Phi) is 9.36. The van der Waals surface area contributed by atoms with Crippen LogP contribution in [0, 0.1) is 0 Å². The lowest BCUT2D eigenvalue weighted by Crippen LogP contribution is -2.13. The predicted molar refractivity (Wildman–Crippen MR) is 129 cm³/mol. The van der Waals surface area contributed by atoms with Gasteiger partial charge in [-0.1, -0.05) is 13.0 Å². The van der Waals surface area contributed by atoms with Crippen LogP contribution in [0.3, 0.4) is 0 Å². The topological polar surface area (TPSA) is 89.5 Å². The first-order valence-corrected chi connectivity index (χ1v) is 10.6. The molecule has 184 valence electrons. The molecular formula is C26H32O8. The van der Waals surface area contributed by atoms with Crippen LogP contribution in [0.5, 0.6) is 34.5 Å². The summed E-state index contributed by atoms with van der Waals surface area (Å²) in [6.07, 6.45) is 3.13. The van der Waals surface area contributed by atoms with Crippen LogP contribution < -0.4 is 28.4 Å². The lowest BCUT2D eigenvalue weighted by atomic mass is 9.88. The molecule has 0 saturated heterocycles. The zero-order valence-corrected chi connectivity index (χ0v) is 20.9. The molecular weight excluding hydrogens is 440 g/mol. The molecule has 0 heterocycles. The zero-order chi connectivity index (χ0) is 25.4. The van der Waals surface area contributed by atoms with Gasteiger partial charge in [0.2, 0.25) is 0 Å². The molecule has 0 fully saturated rings. The second-order valence-corrected chi connectivity index (χ2v) is 7.40. The van der Waals surface area contributed by atoms with E-state index in [4.69, 9.17) is 28.4 Å². The molecule has 0 aliphatic heterocycles. The second-order valence-electron chi connectivity index (χ2n) is 7.40. The van der Waals surface area contributed by atoms with Crippen molar-refractivity contribution in [2.75, 3.05) is 42.7 Å². The molecule has 1 unspecified atom stereocenters. The molecule has 0 spiro atoms. The Morgan fingerprint density at radius 2 is 1.29 bits per heavy atom. The fourth-order valence-electron chi connectivity index (χ4n) is 3.87. The number of Topliss-reactive ketones (excluding diaryl/α,β-unsaturated/α-hetero) is 1. The molecule has 0 amide bonds. The minimum atomic E-state index is -0.392. The van der Waals surface area contributed by atoms with E-state index in [9.17, 15) is 9.59 Å². The number of ether oxygens (including phenoxy) is 6. The van der Waals surface area contributed by atoms with Crippen LogP contribution in [0.15, 0.2) is 30.4 Å². The minimum Gasteiger partial charge on any atom is -0.496 e. The highest BCUT2D eigenvalue weighted by atomic mass is 16.5. The molecule has 0 bridgehead atoms. The molecule has 0 aromatic heterocycles. The van der Waals surface area contributed by atoms with Gasteiger partial charge in [-0.15, -0.1) is 0 Å². The van der Waals surface area contributed by atoms with E-state index < -0.39 is 5.92 Å². The van der Waals surface area contributed by atoms with Crippen LogP contribution in [-0.4, -0.2) is 54.2 Å². The van der Waals surface area contributed by atoms with E-state index in [1.54, 1.807) is 31.2 Å². The van der Waals surface area contributed by atoms with Gasteiger partial charge in [-0.25, -0.2) is 0 Å². The van der Waals surface area contributed by atoms with E-state index >= 15 is 0 Å². The maximum Gasteiger partial charge on any atom is 0.193 e. The van der Waals surface area contributed by atoms with E-state index in [1.165, 1.54) is 48.7 Å². The molecule has 0 aliphatic carbocycles. The quantitative estimate of drug-likeness (QED) is 0.319. The van der Waals surface area contributed by atoms with Crippen LogP contribution in [0.25, 0.3) is 0 Å². The molecule has 0 radical (unpaired) electrons. The Hall–Kier alpha value is -3.68. The highest BCUT2D eigenvalue weighted by Gasteiger charge is 2.30. The van der Waals surface area contributed by atoms with Gasteiger partial charge in [-0.3, -0.25) is 9.59 Å². The first kappa shape index (κ1) is 26.6. The first-order valence-electron chi connectivity index (χ1n) is 10.6. The fourth-order valence-corrected chi connectivity index (χ4v) is 3.87. The highest BCUT2D eigenvalue weighted by Crippen LogP contribution is 2.45. The predicted octanol–water partition coefficient (Wildman–Crippen LogP) is 4.87. The Morgan fingerprint density at radius 3 is 1.74 bits per heavy atom. The average molecular weight is 473 g/mol. The van der Waals surface area contributed by atoms with Gasteiger partial charge in [0.25, 0.3) is 0 Å². The second kappa shape index (κ2) is 12.0. The van der Waals surface area contributed by atoms with Gasteiger partial charge < -0.3 is 28.4 Å². The van der Waals surface area contributed by atoms with Gasteiger partial charge in [0.15, 0.2) is 11.6 Å². The van der Waals surface area contributed by atoms with Crippen molar-refractivity contribution in [3.05, 3.63) is 47.0 Å². The lowest BCUT2D eigenvalue weighted by molar-refractivity contribution is 0.0968. The summed E-state index contributed by atoms with van der Waals surface area (Å²) in [6, 6.07) is 4.88. The van der Waals surface area contributed by atoms with Crippen molar-refractivity contribution in [2.45, 2.75) is 26.2 Å². The van der Waals surface area contributed by atoms with Gasteiger partial charge >= 0.3 is 0 Å². The number of carbonyl (C=O) groups is 2. The maximum atomic E-state index is 13.4. The number of ketones is 2. The number of methoxy groups -OCH3 is 6. The van der Waals surface area contributed by atoms with Crippen LogP contribution in [0.4, 0.5) is 0 Å². The van der Waals surface area contributed by atoms with Crippen LogP contribution >= 0.6 is 0 Å². The SMILES string of the molecule is CC=CC(=O)c1c(OC)cc(OC)c(C(C)CC(=O)c2c(OC)cc(OC)cc2OC)c1OC. The highest BCUT2D eigenvalue weighted by molar-refractivity contribution is 6.09. The van der Waals surface area contributed by atoms with Crippen molar-refractivity contribution in [2.24, 2.45) is 0 Å². The van der Waals surface area contributed by atoms with Crippen molar-refractivity contribution >= 4 is 11.6 Å². The van der Waals surface area contributed by atoms with Crippen LogP contribution in [0.1, 0.15) is 52.5 Å². The van der Waals surface area contributed by atoms with E-state index in [-0.39, 0.29) is 23.6 Å². The summed E-state index contributed by atoms with van der Waals surface area (Å²) in [5.41, 5.74) is 1.14. The molecule has 8 nitrogen and oxygen atoms in total. The van der Waals surface area contributed by atoms with Gasteiger partial charge in [0.05, 0.1) is 42.7 Å². The largest absolute Gasteiger partial charge is 0.496 e. The van der Waals surface area contributed by atoms with Gasteiger partial charge in [-0.05, 0) is 18.9 Å². The third kappa shape index (κ3) is 5.27. The molecule has 2 rings (SSSR count). The molecule has 0 saturated carbocycles. The minimum absolute atomic E-state index is 0.0648. The van der Waals surface area contributed by atoms with Crippen LogP contribution in [0.2, 0.25) is 0 Å². The van der Waals surface area contributed by atoms with E-state index in [0.717, 1.165) is 0 Å². The molecule has 8 heteroatoms. The summed E-state index contributed by atoms with van der Waals surface area (Å²) in [7, 11) is 8.91. The zero-order valence-electron chi connectivity index (χ0n) is 20.9. The number of rotatable bonds is 12. The van der Waals surface area contributed by atoms with E-state index in [2.05, 4.69) is 0 Å². The summed E-state index contributed by atoms with van der Waals surface area (Å²) >= 11 is 0. The van der Waals surface area contributed by atoms with Gasteiger partial charge in [0, 0.05) is 30.2 Å². The summed E-state index contributed by atoms with van der Waals surface area (Å²) in [5, 5.41) is 0. The van der Waals surface area contributed by atoms with Crippen molar-refractivity contribution in [3.8, 4) is 34.5 Å². The molecule has 1 atom stereocenters. The number of benzene rings is 2. The van der Waals surface area contributed by atoms with Crippen molar-refractivity contribution < 1.29 is 38.0 Å². The van der Waals surface area contributed by atoms with Crippen LogP contribution in [-0.2, 0) is 0 Å². The van der Waals surface area contributed by atoms with Crippen molar-refractivity contribution in [1.82, 2.24) is 0 Å². The molecule has 2 aromatic carbocycles. The van der Waals surface area contributed by atoms with Crippen molar-refractivity contribution in [1.29, 1.82) is 0 Å². The normalized spacial score (nSPS) is 11.6. The fraction of sp³-hybridized carbons (Fsp3) is 0.385. The third-order valence-corrected chi connectivity index (χ3v) is 5.43. The number of hydrogen-bond donors (Lipinski definition) is 0. The Morgan fingerprint density at radius 1 is 0.765 bits per heavy atom. The Labute approximate surface area is 200 Å². The standard InChI is InChI=1S/C26H32O8/c1-9-10-17(27)25-22(33-7)14-21(32-6)23(26(25)34-8)15(2)11-18(28)24-19(30-4)12-16(29-3)13-20(24)31-5/h9-10,12-15H,11H2,1-8H3. The smallest absolute Gasteiger partial charge is 0.193 e. The Balaban J connectivity index is 2.62. The average Bonchev–Trinajstić information content (AvgIpc) is 2.85. The number of carbonyl (C=O) groups excluding carboxylic acids is 2. The Bertz CT molecular complexity index is 1050. The summed E-state index contributed by atoms with van der Waals surface area (Å²) < 4.78 is 32.8. The molecule has 34 heavy (non-hydrogen) atoms. The first-order chi connectivity index (χ1) is 16.3. The van der Waals surface area contributed by atoms with E-state index in [1.807, 2.05) is 6.92 Å². The summed E-state index contributed by atoms with van der Waals surface area (Å²) in [6.45, 7) is 3.61. The van der Waals surface area contributed by atoms with Gasteiger partial charge in [0.1, 0.15) is 45.6 Å². The third-order valence-electron chi connectivity index (χ3n) is 5.43.